The van der Waals surface area contributed by atoms with Crippen LogP contribution in [0.5, 0.6) is 5.75 Å². The van der Waals surface area contributed by atoms with Gasteiger partial charge in [-0.25, -0.2) is 0 Å². The topological polar surface area (TPSA) is 112 Å². The maximum atomic E-state index is 13.0. The molecule has 0 spiro atoms. The standard InChI is InChI=1S/C24H16Cl2F3N3O4/c25-17-5-4-13(8-15(17)16-11-31-21(24(27,28)29)9-14(16)10-30)19(33)12-32-23-18(26)2-1-3-20(23)36-7-6-22(34)35/h1-5,8-9,11,32H,6-7,12H2,(H,34,35). The monoisotopic (exact) mass is 537 g/mol. The maximum Gasteiger partial charge on any atom is 0.433 e. The largest absolute Gasteiger partial charge is 0.491 e. The summed E-state index contributed by atoms with van der Waals surface area (Å²) < 4.78 is 44.4. The quantitative estimate of drug-likeness (QED) is 0.317. The fourth-order valence-electron chi connectivity index (χ4n) is 3.14. The Morgan fingerprint density at radius 2 is 1.86 bits per heavy atom. The van der Waals surface area contributed by atoms with Gasteiger partial charge in [-0.1, -0.05) is 29.3 Å². The number of benzene rings is 2. The van der Waals surface area contributed by atoms with Crippen molar-refractivity contribution >= 4 is 40.6 Å². The number of anilines is 1. The number of ketones is 1. The molecule has 3 rings (SSSR count). The first-order valence-electron chi connectivity index (χ1n) is 10.2. The van der Waals surface area contributed by atoms with E-state index in [1.165, 1.54) is 18.2 Å². The maximum absolute atomic E-state index is 13.0. The number of nitrogens with one attached hydrogen (secondary N) is 1. The Balaban J connectivity index is 1.84. The van der Waals surface area contributed by atoms with Crippen LogP contribution >= 0.6 is 23.2 Å². The van der Waals surface area contributed by atoms with Gasteiger partial charge in [0.15, 0.2) is 5.78 Å². The Kier molecular flexibility index (Phi) is 8.40. The van der Waals surface area contributed by atoms with Crippen molar-refractivity contribution in [3.63, 3.8) is 0 Å². The minimum atomic E-state index is -4.73. The number of ether oxygens (including phenoxy) is 1. The molecule has 1 heterocycles. The summed E-state index contributed by atoms with van der Waals surface area (Å²) in [6.07, 6.45) is -4.08. The van der Waals surface area contributed by atoms with Crippen LogP contribution in [0.2, 0.25) is 10.0 Å². The van der Waals surface area contributed by atoms with Crippen molar-refractivity contribution in [2.45, 2.75) is 12.6 Å². The molecule has 0 atom stereocenters. The number of carboxylic acids is 1. The van der Waals surface area contributed by atoms with E-state index in [-0.39, 0.29) is 63.3 Å². The SMILES string of the molecule is N#Cc1cc(C(F)(F)F)ncc1-c1cc(C(=O)CNc2c(Cl)cccc2OCCC(=O)O)ccc1Cl. The van der Waals surface area contributed by atoms with Gasteiger partial charge in [-0.2, -0.15) is 18.4 Å². The zero-order valence-electron chi connectivity index (χ0n) is 18.2. The number of rotatable bonds is 9. The van der Waals surface area contributed by atoms with Gasteiger partial charge < -0.3 is 15.2 Å². The van der Waals surface area contributed by atoms with Gasteiger partial charge in [0.05, 0.1) is 41.9 Å². The molecule has 12 heteroatoms. The van der Waals surface area contributed by atoms with E-state index in [0.29, 0.717) is 6.07 Å². The van der Waals surface area contributed by atoms with E-state index >= 15 is 0 Å². The number of para-hydroxylation sites is 1. The van der Waals surface area contributed by atoms with Crippen LogP contribution in [0.25, 0.3) is 11.1 Å². The molecule has 186 valence electrons. The molecule has 0 aliphatic heterocycles. The normalized spacial score (nSPS) is 11.0. The number of aromatic nitrogens is 1. The molecule has 1 aromatic heterocycles. The Hall–Kier alpha value is -3.81. The summed E-state index contributed by atoms with van der Waals surface area (Å²) in [4.78, 5) is 27.0. The van der Waals surface area contributed by atoms with E-state index in [2.05, 4.69) is 10.3 Å². The summed E-state index contributed by atoms with van der Waals surface area (Å²) in [5.41, 5.74) is -0.886. The van der Waals surface area contributed by atoms with Crippen LogP contribution < -0.4 is 10.1 Å². The van der Waals surface area contributed by atoms with Gasteiger partial charge in [0.2, 0.25) is 0 Å². The molecule has 0 radical (unpaired) electrons. The van der Waals surface area contributed by atoms with Crippen molar-refractivity contribution in [3.05, 3.63) is 75.5 Å². The molecular weight excluding hydrogens is 522 g/mol. The molecule has 0 unspecified atom stereocenters. The lowest BCUT2D eigenvalue weighted by molar-refractivity contribution is -0.141. The highest BCUT2D eigenvalue weighted by molar-refractivity contribution is 6.34. The number of carbonyl (C=O) groups is 2. The molecule has 3 aromatic rings. The summed E-state index contributed by atoms with van der Waals surface area (Å²) >= 11 is 12.4. The van der Waals surface area contributed by atoms with Gasteiger partial charge in [-0.3, -0.25) is 14.6 Å². The predicted molar refractivity (Wildman–Crippen MR) is 126 cm³/mol. The summed E-state index contributed by atoms with van der Waals surface area (Å²) in [6, 6.07) is 11.2. The Morgan fingerprint density at radius 3 is 2.53 bits per heavy atom. The van der Waals surface area contributed by atoms with Gasteiger partial charge in [-0.15, -0.1) is 0 Å². The molecule has 0 saturated heterocycles. The molecule has 0 amide bonds. The third-order valence-electron chi connectivity index (χ3n) is 4.87. The highest BCUT2D eigenvalue weighted by Crippen LogP contribution is 2.35. The number of nitrogens with zero attached hydrogens (tertiary/aromatic N) is 2. The molecule has 0 bridgehead atoms. The summed E-state index contributed by atoms with van der Waals surface area (Å²) in [5, 5.41) is 21.4. The summed E-state index contributed by atoms with van der Waals surface area (Å²) in [6.45, 7) is -0.363. The van der Waals surface area contributed by atoms with Crippen molar-refractivity contribution in [1.82, 2.24) is 4.98 Å². The van der Waals surface area contributed by atoms with Crippen molar-refractivity contribution in [2.24, 2.45) is 0 Å². The first kappa shape index (κ1) is 26.8. The van der Waals surface area contributed by atoms with E-state index in [1.807, 2.05) is 0 Å². The van der Waals surface area contributed by atoms with E-state index < -0.39 is 23.6 Å². The number of alkyl halides is 3. The molecule has 0 saturated carbocycles. The van der Waals surface area contributed by atoms with Crippen LogP contribution in [-0.2, 0) is 11.0 Å². The smallest absolute Gasteiger partial charge is 0.433 e. The summed E-state index contributed by atoms with van der Waals surface area (Å²) in [7, 11) is 0. The van der Waals surface area contributed by atoms with Crippen LogP contribution in [0.3, 0.4) is 0 Å². The van der Waals surface area contributed by atoms with Crippen LogP contribution in [0.15, 0.2) is 48.7 Å². The molecular formula is C24H16Cl2F3N3O4. The van der Waals surface area contributed by atoms with Crippen molar-refractivity contribution in [2.75, 3.05) is 18.5 Å². The van der Waals surface area contributed by atoms with Crippen LogP contribution in [0, 0.1) is 11.3 Å². The van der Waals surface area contributed by atoms with Gasteiger partial charge in [0, 0.05) is 27.9 Å². The minimum Gasteiger partial charge on any atom is -0.491 e. The van der Waals surface area contributed by atoms with E-state index in [1.54, 1.807) is 24.3 Å². The molecule has 2 N–H and O–H groups in total. The minimum absolute atomic E-state index is 0.0401. The second-order valence-corrected chi connectivity index (χ2v) is 8.12. The van der Waals surface area contributed by atoms with Crippen molar-refractivity contribution in [1.29, 1.82) is 5.26 Å². The second-order valence-electron chi connectivity index (χ2n) is 7.30. The van der Waals surface area contributed by atoms with Gasteiger partial charge in [-0.05, 0) is 36.4 Å². The Bertz CT molecular complexity index is 1360. The van der Waals surface area contributed by atoms with Crippen LogP contribution in [0.1, 0.15) is 28.0 Å². The fraction of sp³-hybridized carbons (Fsp3) is 0.167. The number of aliphatic carboxylic acids is 1. The molecule has 7 nitrogen and oxygen atoms in total. The third-order valence-corrected chi connectivity index (χ3v) is 5.51. The fourth-order valence-corrected chi connectivity index (χ4v) is 3.59. The number of pyridine rings is 1. The first-order valence-corrected chi connectivity index (χ1v) is 10.9. The van der Waals surface area contributed by atoms with E-state index in [4.69, 9.17) is 33.0 Å². The number of halogens is 5. The highest BCUT2D eigenvalue weighted by atomic mass is 35.5. The van der Waals surface area contributed by atoms with Crippen molar-refractivity contribution < 1.29 is 32.6 Å². The molecule has 0 fully saturated rings. The van der Waals surface area contributed by atoms with Crippen LogP contribution in [-0.4, -0.2) is 35.0 Å². The lowest BCUT2D eigenvalue weighted by Crippen LogP contribution is -2.15. The molecule has 2 aromatic carbocycles. The number of hydrogen-bond acceptors (Lipinski definition) is 6. The number of carbonyl (C=O) groups excluding carboxylic acids is 1. The zero-order chi connectivity index (χ0) is 26.5. The lowest BCUT2D eigenvalue weighted by Gasteiger charge is -2.15. The lowest BCUT2D eigenvalue weighted by atomic mass is 9.98. The Labute approximate surface area is 213 Å². The predicted octanol–water partition coefficient (Wildman–Crippen LogP) is 6.09. The second kappa shape index (κ2) is 11.3. The number of carboxylic acid groups (broad SMARTS) is 1. The average molecular weight is 538 g/mol. The number of nitriles is 1. The van der Waals surface area contributed by atoms with Gasteiger partial charge in [0.1, 0.15) is 11.4 Å². The average Bonchev–Trinajstić information content (AvgIpc) is 2.82. The first-order chi connectivity index (χ1) is 17.0. The van der Waals surface area contributed by atoms with Crippen LogP contribution in [0.4, 0.5) is 18.9 Å². The van der Waals surface area contributed by atoms with Gasteiger partial charge >= 0.3 is 12.1 Å². The van der Waals surface area contributed by atoms with Gasteiger partial charge in [0.25, 0.3) is 0 Å². The van der Waals surface area contributed by atoms with Crippen molar-refractivity contribution in [3.8, 4) is 22.9 Å². The van der Waals surface area contributed by atoms with E-state index in [0.717, 1.165) is 6.20 Å². The Morgan fingerprint density at radius 1 is 1.11 bits per heavy atom. The number of Topliss-reactive ketones (excluding diaryl/α,β-unsaturated/α-hetero) is 1. The third kappa shape index (κ3) is 6.44. The molecule has 0 aliphatic carbocycles. The summed E-state index contributed by atoms with van der Waals surface area (Å²) in [5.74, 6) is -1.21. The molecule has 0 aliphatic rings. The zero-order valence-corrected chi connectivity index (χ0v) is 19.7. The highest BCUT2D eigenvalue weighted by Gasteiger charge is 2.33. The number of hydrogen-bond donors (Lipinski definition) is 2. The molecule has 36 heavy (non-hydrogen) atoms. The van der Waals surface area contributed by atoms with E-state index in [9.17, 15) is 28.0 Å².